The van der Waals surface area contributed by atoms with Gasteiger partial charge in [-0.15, -0.1) is 10.2 Å². The third-order valence-corrected chi connectivity index (χ3v) is 6.79. The van der Waals surface area contributed by atoms with Crippen LogP contribution in [0.3, 0.4) is 0 Å². The number of carbonyl (C=O) groups is 2. The maximum absolute atomic E-state index is 13.0. The molecule has 1 amide bonds. The zero-order valence-electron chi connectivity index (χ0n) is 18.2. The van der Waals surface area contributed by atoms with Crippen LogP contribution in [0.2, 0.25) is 0 Å². The van der Waals surface area contributed by atoms with E-state index in [1.165, 1.54) is 11.8 Å². The quantitative estimate of drug-likeness (QED) is 0.312. The lowest BCUT2D eigenvalue weighted by atomic mass is 9.99. The molecule has 0 spiro atoms. The summed E-state index contributed by atoms with van der Waals surface area (Å²) in [7, 11) is 0. The number of hydrogen-bond acceptors (Lipinski definition) is 6. The summed E-state index contributed by atoms with van der Waals surface area (Å²) in [6, 6.07) is 17.3. The van der Waals surface area contributed by atoms with Crippen LogP contribution in [0.15, 0.2) is 70.4 Å². The van der Waals surface area contributed by atoms with Crippen molar-refractivity contribution in [3.63, 3.8) is 0 Å². The number of aryl methyl sites for hydroxylation is 1. The number of ketones is 1. The molecule has 2 aromatic heterocycles. The van der Waals surface area contributed by atoms with Gasteiger partial charge in [0.2, 0.25) is 5.91 Å². The predicted molar refractivity (Wildman–Crippen MR) is 127 cm³/mol. The molecule has 1 N–H and O–H groups in total. The highest BCUT2D eigenvalue weighted by Crippen LogP contribution is 2.33. The molecule has 0 aliphatic carbocycles. The molecule has 0 radical (unpaired) electrons. The lowest BCUT2D eigenvalue weighted by Gasteiger charge is -2.10. The summed E-state index contributed by atoms with van der Waals surface area (Å²) < 4.78 is 7.48. The van der Waals surface area contributed by atoms with Crippen molar-refractivity contribution in [1.82, 2.24) is 14.8 Å². The predicted octanol–water partition coefficient (Wildman–Crippen LogP) is 4.93. The molecule has 1 atom stereocenters. The van der Waals surface area contributed by atoms with Crippen molar-refractivity contribution >= 4 is 29.1 Å². The third-order valence-electron chi connectivity index (χ3n) is 5.82. The Bertz CT molecular complexity index is 1340. The van der Waals surface area contributed by atoms with Crippen molar-refractivity contribution in [3.05, 3.63) is 83.3 Å². The number of nitrogens with zero attached hydrogens (tertiary/aromatic N) is 3. The van der Waals surface area contributed by atoms with Crippen LogP contribution < -0.4 is 5.32 Å². The van der Waals surface area contributed by atoms with E-state index in [4.69, 9.17) is 4.42 Å². The van der Waals surface area contributed by atoms with Gasteiger partial charge in [-0.1, -0.05) is 42.1 Å². The van der Waals surface area contributed by atoms with Crippen LogP contribution in [0.1, 0.15) is 40.1 Å². The average molecular weight is 459 g/mol. The third kappa shape index (κ3) is 4.09. The molecule has 0 fully saturated rings. The van der Waals surface area contributed by atoms with E-state index in [9.17, 15) is 9.59 Å². The number of amides is 1. The number of fused-ring (bicyclic) bond motifs is 1. The first-order chi connectivity index (χ1) is 16.0. The summed E-state index contributed by atoms with van der Waals surface area (Å²) in [4.78, 5) is 24.9. The second kappa shape index (κ2) is 8.71. The summed E-state index contributed by atoms with van der Waals surface area (Å²) in [6.45, 7) is 4.31. The molecule has 8 heteroatoms. The van der Waals surface area contributed by atoms with Crippen molar-refractivity contribution in [2.24, 2.45) is 0 Å². The highest BCUT2D eigenvalue weighted by atomic mass is 32.2. The highest BCUT2D eigenvalue weighted by molar-refractivity contribution is 7.99. The molecule has 3 heterocycles. The molecule has 1 aliphatic heterocycles. The number of carbonyl (C=O) groups excluding carboxylic acids is 2. The Kier molecular flexibility index (Phi) is 5.60. The van der Waals surface area contributed by atoms with E-state index >= 15 is 0 Å². The fourth-order valence-electron chi connectivity index (χ4n) is 3.92. The smallest absolute Gasteiger partial charge is 0.231 e. The maximum Gasteiger partial charge on any atom is 0.231 e. The van der Waals surface area contributed by atoms with Crippen molar-refractivity contribution < 1.29 is 14.0 Å². The number of hydrogen-bond donors (Lipinski definition) is 1. The van der Waals surface area contributed by atoms with Crippen molar-refractivity contribution in [2.45, 2.75) is 31.5 Å². The Balaban J connectivity index is 1.40. The Morgan fingerprint density at radius 3 is 2.73 bits per heavy atom. The molecular weight excluding hydrogens is 436 g/mol. The SMILES string of the molecule is Cc1occc1-c1nnc(SCC(=O)c2ccc3c(c2)[C@H](C)C(=O)N3)n1Cc1ccccc1. The molecule has 0 saturated carbocycles. The standard InChI is InChI=1S/C25H22N4O3S/c1-15-20-12-18(8-9-21(20)26-24(15)31)22(30)14-33-25-28-27-23(19-10-11-32-16(19)2)29(25)13-17-6-4-3-5-7-17/h3-12,15H,13-14H2,1-2H3,(H,26,31)/t15-/m0/s1. The van der Waals surface area contributed by atoms with Crippen molar-refractivity contribution in [2.75, 3.05) is 11.1 Å². The van der Waals surface area contributed by atoms with Gasteiger partial charge in [0.1, 0.15) is 5.76 Å². The van der Waals surface area contributed by atoms with E-state index in [1.807, 2.05) is 60.9 Å². The minimum Gasteiger partial charge on any atom is -0.469 e. The van der Waals surface area contributed by atoms with Gasteiger partial charge in [0.15, 0.2) is 16.8 Å². The van der Waals surface area contributed by atoms with Gasteiger partial charge in [0.05, 0.1) is 30.0 Å². The average Bonchev–Trinajstić information content (AvgIpc) is 3.50. The molecule has 4 aromatic rings. The van der Waals surface area contributed by atoms with E-state index in [0.29, 0.717) is 23.1 Å². The van der Waals surface area contributed by atoms with Gasteiger partial charge < -0.3 is 9.73 Å². The monoisotopic (exact) mass is 458 g/mol. The first kappa shape index (κ1) is 21.2. The molecule has 33 heavy (non-hydrogen) atoms. The summed E-state index contributed by atoms with van der Waals surface area (Å²) in [5.74, 6) is 1.36. The second-order valence-electron chi connectivity index (χ2n) is 7.99. The van der Waals surface area contributed by atoms with Crippen LogP contribution >= 0.6 is 11.8 Å². The Hall–Kier alpha value is -3.65. The maximum atomic E-state index is 13.0. The summed E-state index contributed by atoms with van der Waals surface area (Å²) in [5, 5.41) is 12.3. The Morgan fingerprint density at radius 1 is 1.15 bits per heavy atom. The molecule has 0 saturated heterocycles. The second-order valence-corrected chi connectivity index (χ2v) is 8.94. The van der Waals surface area contributed by atoms with E-state index in [0.717, 1.165) is 28.1 Å². The van der Waals surface area contributed by atoms with Crippen molar-refractivity contribution in [1.29, 1.82) is 0 Å². The fraction of sp³-hybridized carbons (Fsp3) is 0.200. The van der Waals surface area contributed by atoms with Gasteiger partial charge >= 0.3 is 0 Å². The molecule has 0 unspecified atom stereocenters. The Morgan fingerprint density at radius 2 is 1.97 bits per heavy atom. The largest absolute Gasteiger partial charge is 0.469 e. The number of thioether (sulfide) groups is 1. The number of anilines is 1. The molecule has 0 bridgehead atoms. The lowest BCUT2D eigenvalue weighted by Crippen LogP contribution is -2.08. The molecule has 5 rings (SSSR count). The number of nitrogens with one attached hydrogen (secondary N) is 1. The number of aromatic nitrogens is 3. The Labute approximate surface area is 195 Å². The minimum atomic E-state index is -0.255. The number of rotatable bonds is 7. The van der Waals surface area contributed by atoms with Crippen LogP contribution in [0, 0.1) is 6.92 Å². The molecule has 1 aliphatic rings. The summed E-state index contributed by atoms with van der Waals surface area (Å²) >= 11 is 1.35. The molecular formula is C25H22N4O3S. The van der Waals surface area contributed by atoms with E-state index in [-0.39, 0.29) is 23.4 Å². The molecule has 2 aromatic carbocycles. The van der Waals surface area contributed by atoms with Gasteiger partial charge in [-0.25, -0.2) is 0 Å². The summed E-state index contributed by atoms with van der Waals surface area (Å²) in [6.07, 6.45) is 1.64. The zero-order valence-corrected chi connectivity index (χ0v) is 19.1. The number of Topliss-reactive ketones (excluding diaryl/α,β-unsaturated/α-hetero) is 1. The van der Waals surface area contributed by atoms with Gasteiger partial charge in [-0.3, -0.25) is 14.2 Å². The van der Waals surface area contributed by atoms with Gasteiger partial charge in [-0.2, -0.15) is 0 Å². The van der Waals surface area contributed by atoms with Crippen LogP contribution in [0.5, 0.6) is 0 Å². The fourth-order valence-corrected chi connectivity index (χ4v) is 4.76. The number of furan rings is 1. The topological polar surface area (TPSA) is 90.0 Å². The van der Waals surface area contributed by atoms with Crippen LogP contribution in [0.25, 0.3) is 11.4 Å². The van der Waals surface area contributed by atoms with E-state index in [1.54, 1.807) is 18.4 Å². The molecule has 7 nitrogen and oxygen atoms in total. The van der Waals surface area contributed by atoms with E-state index in [2.05, 4.69) is 15.5 Å². The first-order valence-electron chi connectivity index (χ1n) is 10.6. The zero-order chi connectivity index (χ0) is 22.9. The molecule has 166 valence electrons. The van der Waals surface area contributed by atoms with Gasteiger partial charge in [0.25, 0.3) is 0 Å². The summed E-state index contributed by atoms with van der Waals surface area (Å²) in [5.41, 5.74) is 4.21. The minimum absolute atomic E-state index is 0.0235. The number of benzene rings is 2. The van der Waals surface area contributed by atoms with Gasteiger partial charge in [0, 0.05) is 11.3 Å². The van der Waals surface area contributed by atoms with Gasteiger partial charge in [-0.05, 0) is 49.2 Å². The van der Waals surface area contributed by atoms with Crippen LogP contribution in [-0.2, 0) is 11.3 Å². The first-order valence-corrected chi connectivity index (χ1v) is 11.6. The highest BCUT2D eigenvalue weighted by Gasteiger charge is 2.27. The van der Waals surface area contributed by atoms with Crippen molar-refractivity contribution in [3.8, 4) is 11.4 Å². The lowest BCUT2D eigenvalue weighted by molar-refractivity contribution is -0.116. The van der Waals surface area contributed by atoms with Crippen LogP contribution in [-0.4, -0.2) is 32.2 Å². The van der Waals surface area contributed by atoms with E-state index < -0.39 is 0 Å². The normalized spacial score (nSPS) is 14.8. The van der Waals surface area contributed by atoms with Crippen LogP contribution in [0.4, 0.5) is 5.69 Å².